The number of hydrogen-bond acceptors (Lipinski definition) is 5. The van der Waals surface area contributed by atoms with Crippen LogP contribution in [-0.4, -0.2) is 25.0 Å². The predicted octanol–water partition coefficient (Wildman–Crippen LogP) is 2.67. The van der Waals surface area contributed by atoms with Gasteiger partial charge in [-0.2, -0.15) is 5.26 Å². The van der Waals surface area contributed by atoms with Gasteiger partial charge in [-0.15, -0.1) is 0 Å². The van der Waals surface area contributed by atoms with Crippen LogP contribution in [0.1, 0.15) is 21.5 Å². The Labute approximate surface area is 134 Å². The molecule has 2 aromatic carbocycles. The molecule has 0 radical (unpaired) electrons. The van der Waals surface area contributed by atoms with E-state index in [2.05, 4.69) is 0 Å². The summed E-state index contributed by atoms with van der Waals surface area (Å²) < 4.78 is 10.1. The van der Waals surface area contributed by atoms with Crippen LogP contribution >= 0.6 is 0 Å². The molecular formula is C18H15NO4. The van der Waals surface area contributed by atoms with E-state index in [-0.39, 0.29) is 19.0 Å². The number of carbonyl (C=O) groups excluding carboxylic acids is 2. The van der Waals surface area contributed by atoms with Crippen molar-refractivity contribution in [1.29, 1.82) is 5.26 Å². The second kappa shape index (κ2) is 7.76. The minimum atomic E-state index is -0.630. The molecule has 2 rings (SSSR count). The number of ether oxygens (including phenoxy) is 2. The van der Waals surface area contributed by atoms with E-state index < -0.39 is 5.97 Å². The molecule has 0 fully saturated rings. The molecule has 5 nitrogen and oxygen atoms in total. The van der Waals surface area contributed by atoms with Gasteiger partial charge in [-0.05, 0) is 31.2 Å². The third kappa shape index (κ3) is 4.97. The van der Waals surface area contributed by atoms with Crippen molar-refractivity contribution in [3.05, 3.63) is 65.2 Å². The van der Waals surface area contributed by atoms with Crippen molar-refractivity contribution in [1.82, 2.24) is 0 Å². The van der Waals surface area contributed by atoms with Crippen molar-refractivity contribution >= 4 is 11.8 Å². The zero-order valence-electron chi connectivity index (χ0n) is 12.6. The van der Waals surface area contributed by atoms with Gasteiger partial charge in [0.25, 0.3) is 0 Å². The third-order valence-electron chi connectivity index (χ3n) is 3.08. The van der Waals surface area contributed by atoms with Crippen LogP contribution in [0.15, 0.2) is 48.5 Å². The van der Waals surface area contributed by atoms with Crippen LogP contribution in [0, 0.1) is 18.3 Å². The molecule has 0 bridgehead atoms. The predicted molar refractivity (Wildman–Crippen MR) is 83.1 cm³/mol. The van der Waals surface area contributed by atoms with Crippen molar-refractivity contribution < 1.29 is 19.1 Å². The van der Waals surface area contributed by atoms with Crippen LogP contribution in [0.3, 0.4) is 0 Å². The molecule has 0 aromatic heterocycles. The maximum absolute atomic E-state index is 11.9. The number of benzene rings is 2. The third-order valence-corrected chi connectivity index (χ3v) is 3.08. The zero-order chi connectivity index (χ0) is 16.7. The van der Waals surface area contributed by atoms with Crippen LogP contribution in [-0.2, 0) is 9.53 Å². The lowest BCUT2D eigenvalue weighted by molar-refractivity contribution is -0.144. The number of nitrogens with zero attached hydrogens (tertiary/aromatic N) is 1. The fraction of sp³-hybridized carbons (Fsp3) is 0.167. The normalized spacial score (nSPS) is 9.74. The molecule has 0 heterocycles. The monoisotopic (exact) mass is 309 g/mol. The fourth-order valence-electron chi connectivity index (χ4n) is 1.78. The van der Waals surface area contributed by atoms with Crippen molar-refractivity contribution in [3.8, 4) is 11.8 Å². The Balaban J connectivity index is 1.77. The van der Waals surface area contributed by atoms with Gasteiger partial charge in [0.2, 0.25) is 0 Å². The smallest absolute Gasteiger partial charge is 0.344 e. The highest BCUT2D eigenvalue weighted by atomic mass is 16.6. The van der Waals surface area contributed by atoms with E-state index in [0.29, 0.717) is 16.9 Å². The molecule has 0 amide bonds. The quantitative estimate of drug-likeness (QED) is 0.605. The lowest BCUT2D eigenvalue weighted by Gasteiger charge is -2.07. The molecule has 0 N–H and O–H groups in total. The molecular weight excluding hydrogens is 294 g/mol. The Hall–Kier alpha value is -3.13. The minimum absolute atomic E-state index is 0.267. The topological polar surface area (TPSA) is 76.4 Å². The molecule has 0 aliphatic carbocycles. The van der Waals surface area contributed by atoms with E-state index in [1.54, 1.807) is 36.4 Å². The Morgan fingerprint density at radius 3 is 2.26 bits per heavy atom. The summed E-state index contributed by atoms with van der Waals surface area (Å²) in [5.74, 6) is -0.447. The Bertz CT molecular complexity index is 727. The second-order valence-corrected chi connectivity index (χ2v) is 4.87. The van der Waals surface area contributed by atoms with Gasteiger partial charge in [-0.25, -0.2) is 4.79 Å². The van der Waals surface area contributed by atoms with E-state index in [1.165, 1.54) is 0 Å². The molecule has 0 aliphatic rings. The lowest BCUT2D eigenvalue weighted by Crippen LogP contribution is -2.19. The molecule has 0 saturated carbocycles. The van der Waals surface area contributed by atoms with E-state index in [9.17, 15) is 9.59 Å². The van der Waals surface area contributed by atoms with Crippen molar-refractivity contribution in [2.45, 2.75) is 6.92 Å². The maximum atomic E-state index is 11.9. The van der Waals surface area contributed by atoms with Crippen molar-refractivity contribution in [2.75, 3.05) is 13.2 Å². The first-order valence-corrected chi connectivity index (χ1v) is 6.97. The summed E-state index contributed by atoms with van der Waals surface area (Å²) in [6, 6.07) is 15.4. The minimum Gasteiger partial charge on any atom is -0.482 e. The summed E-state index contributed by atoms with van der Waals surface area (Å²) in [5, 5.41) is 8.68. The summed E-state index contributed by atoms with van der Waals surface area (Å²) in [7, 11) is 0. The van der Waals surface area contributed by atoms with Gasteiger partial charge in [-0.3, -0.25) is 4.79 Å². The Morgan fingerprint density at radius 2 is 1.65 bits per heavy atom. The largest absolute Gasteiger partial charge is 0.482 e. The highest BCUT2D eigenvalue weighted by Gasteiger charge is 2.10. The van der Waals surface area contributed by atoms with Gasteiger partial charge in [0.1, 0.15) is 5.75 Å². The van der Waals surface area contributed by atoms with Crippen LogP contribution in [0.5, 0.6) is 5.75 Å². The number of nitriles is 1. The molecule has 116 valence electrons. The summed E-state index contributed by atoms with van der Waals surface area (Å²) >= 11 is 0. The number of esters is 1. The maximum Gasteiger partial charge on any atom is 0.344 e. The van der Waals surface area contributed by atoms with Gasteiger partial charge in [0.05, 0.1) is 11.6 Å². The molecule has 0 unspecified atom stereocenters. The fourth-order valence-corrected chi connectivity index (χ4v) is 1.78. The summed E-state index contributed by atoms with van der Waals surface area (Å²) in [5.41, 5.74) is 2.05. The Kier molecular flexibility index (Phi) is 5.48. The van der Waals surface area contributed by atoms with E-state index in [0.717, 1.165) is 5.56 Å². The molecule has 23 heavy (non-hydrogen) atoms. The van der Waals surface area contributed by atoms with Crippen LogP contribution in [0.2, 0.25) is 0 Å². The molecule has 0 aliphatic heterocycles. The number of ketones is 1. The van der Waals surface area contributed by atoms with Crippen molar-refractivity contribution in [2.24, 2.45) is 0 Å². The highest BCUT2D eigenvalue weighted by Crippen LogP contribution is 2.11. The van der Waals surface area contributed by atoms with E-state index >= 15 is 0 Å². The molecule has 0 spiro atoms. The zero-order valence-corrected chi connectivity index (χ0v) is 12.6. The molecule has 0 saturated heterocycles. The standard InChI is InChI=1S/C18H15NO4/c1-13-2-6-15(7-3-13)17(20)11-23-18(21)12-22-16-8-4-14(10-19)5-9-16/h2-9H,11-12H2,1H3. The van der Waals surface area contributed by atoms with Crippen LogP contribution in [0.4, 0.5) is 0 Å². The lowest BCUT2D eigenvalue weighted by atomic mass is 10.1. The van der Waals surface area contributed by atoms with E-state index in [1.807, 2.05) is 25.1 Å². The molecule has 0 atom stereocenters. The molecule has 5 heteroatoms. The summed E-state index contributed by atoms with van der Waals surface area (Å²) in [4.78, 5) is 23.4. The van der Waals surface area contributed by atoms with Gasteiger partial charge in [0.15, 0.2) is 19.0 Å². The number of Topliss-reactive ketones (excluding diaryl/α,β-unsaturated/α-hetero) is 1. The van der Waals surface area contributed by atoms with Gasteiger partial charge >= 0.3 is 5.97 Å². The number of hydrogen-bond donors (Lipinski definition) is 0. The van der Waals surface area contributed by atoms with E-state index in [4.69, 9.17) is 14.7 Å². The first kappa shape index (κ1) is 16.2. The number of carbonyl (C=O) groups is 2. The van der Waals surface area contributed by atoms with Gasteiger partial charge in [-0.1, -0.05) is 29.8 Å². The van der Waals surface area contributed by atoms with Gasteiger partial charge < -0.3 is 9.47 Å². The first-order valence-electron chi connectivity index (χ1n) is 6.97. The Morgan fingerprint density at radius 1 is 1.00 bits per heavy atom. The van der Waals surface area contributed by atoms with Crippen LogP contribution in [0.25, 0.3) is 0 Å². The highest BCUT2D eigenvalue weighted by molar-refractivity contribution is 5.98. The van der Waals surface area contributed by atoms with Gasteiger partial charge in [0, 0.05) is 5.56 Å². The second-order valence-electron chi connectivity index (χ2n) is 4.87. The SMILES string of the molecule is Cc1ccc(C(=O)COC(=O)COc2ccc(C#N)cc2)cc1. The number of rotatable bonds is 6. The average Bonchev–Trinajstić information content (AvgIpc) is 2.59. The summed E-state index contributed by atoms with van der Waals surface area (Å²) in [6.45, 7) is 1.31. The summed E-state index contributed by atoms with van der Waals surface area (Å²) in [6.07, 6.45) is 0. The number of aryl methyl sites for hydroxylation is 1. The van der Waals surface area contributed by atoms with Crippen LogP contribution < -0.4 is 4.74 Å². The first-order chi connectivity index (χ1) is 11.1. The van der Waals surface area contributed by atoms with Crippen molar-refractivity contribution in [3.63, 3.8) is 0 Å². The average molecular weight is 309 g/mol. The molecule has 2 aromatic rings.